The van der Waals surface area contributed by atoms with Crippen molar-refractivity contribution >= 4 is 21.9 Å². The molecule has 0 aliphatic carbocycles. The smallest absolute Gasteiger partial charge is 0.338 e. The van der Waals surface area contributed by atoms with Gasteiger partial charge < -0.3 is 9.64 Å². The third-order valence-corrected chi connectivity index (χ3v) is 6.23. The van der Waals surface area contributed by atoms with Crippen LogP contribution in [0.15, 0.2) is 29.2 Å². The lowest BCUT2D eigenvalue weighted by molar-refractivity contribution is -0.138. The van der Waals surface area contributed by atoms with Gasteiger partial charge in [-0.1, -0.05) is 6.07 Å². The third-order valence-electron chi connectivity index (χ3n) is 4.34. The zero-order valence-corrected chi connectivity index (χ0v) is 16.2. The van der Waals surface area contributed by atoms with E-state index in [0.717, 1.165) is 12.8 Å². The molecule has 0 N–H and O–H groups in total. The molecule has 1 amide bonds. The molecule has 0 aromatic heterocycles. The van der Waals surface area contributed by atoms with Gasteiger partial charge in [-0.2, -0.15) is 9.57 Å². The predicted molar refractivity (Wildman–Crippen MR) is 97.2 cm³/mol. The predicted octanol–water partition coefficient (Wildman–Crippen LogP) is 1.39. The van der Waals surface area contributed by atoms with E-state index in [9.17, 15) is 18.0 Å². The maximum atomic E-state index is 12.6. The lowest BCUT2D eigenvalue weighted by Crippen LogP contribution is -2.38. The van der Waals surface area contributed by atoms with E-state index in [1.807, 2.05) is 6.07 Å². The first-order valence-corrected chi connectivity index (χ1v) is 10.1. The van der Waals surface area contributed by atoms with Crippen LogP contribution in [-0.2, 0) is 19.6 Å². The quantitative estimate of drug-likeness (QED) is 0.648. The minimum Gasteiger partial charge on any atom is -0.449 e. The number of carbonyl (C=O) groups is 2. The van der Waals surface area contributed by atoms with Crippen molar-refractivity contribution in [3.05, 3.63) is 29.8 Å². The van der Waals surface area contributed by atoms with E-state index >= 15 is 0 Å². The summed E-state index contributed by atoms with van der Waals surface area (Å²) in [7, 11) is -2.12. The summed E-state index contributed by atoms with van der Waals surface area (Å²) in [6.45, 7) is 2.61. The molecule has 1 aromatic rings. The minimum atomic E-state index is -3.64. The number of rotatable bonds is 7. The maximum Gasteiger partial charge on any atom is 0.338 e. The topological polar surface area (TPSA) is 108 Å². The van der Waals surface area contributed by atoms with E-state index < -0.39 is 28.0 Å². The Kier molecular flexibility index (Phi) is 6.93. The first-order chi connectivity index (χ1) is 12.8. The van der Waals surface area contributed by atoms with Crippen molar-refractivity contribution in [3.8, 4) is 6.07 Å². The van der Waals surface area contributed by atoms with Crippen LogP contribution in [0.3, 0.4) is 0 Å². The molecular formula is C18H23N3O5S. The highest BCUT2D eigenvalue weighted by molar-refractivity contribution is 7.89. The van der Waals surface area contributed by atoms with Gasteiger partial charge in [0.25, 0.3) is 5.91 Å². The Morgan fingerprint density at radius 2 is 2.00 bits per heavy atom. The minimum absolute atomic E-state index is 0.0315. The Hall–Kier alpha value is -2.44. The highest BCUT2D eigenvalue weighted by Gasteiger charge is 2.28. The number of likely N-dealkylation sites (N-methyl/N-ethyl adjacent to an activating group) is 1. The number of nitrogens with zero attached hydrogens (tertiary/aromatic N) is 3. The fraction of sp³-hybridized carbons (Fsp3) is 0.500. The molecule has 1 aliphatic rings. The maximum absolute atomic E-state index is 12.6. The number of esters is 1. The number of amides is 1. The van der Waals surface area contributed by atoms with Crippen LogP contribution in [0.5, 0.6) is 0 Å². The molecule has 1 saturated heterocycles. The number of ether oxygens (including phenoxy) is 1. The summed E-state index contributed by atoms with van der Waals surface area (Å²) in [6.07, 6.45) is 0.777. The fourth-order valence-electron chi connectivity index (χ4n) is 2.78. The number of nitriles is 1. The summed E-state index contributed by atoms with van der Waals surface area (Å²) in [5, 5.41) is 8.57. The molecule has 0 unspecified atom stereocenters. The Bertz CT molecular complexity index is 841. The zero-order valence-electron chi connectivity index (χ0n) is 15.4. The first kappa shape index (κ1) is 20.9. The van der Waals surface area contributed by atoms with Crippen LogP contribution < -0.4 is 0 Å². The highest BCUT2D eigenvalue weighted by atomic mass is 32.2. The van der Waals surface area contributed by atoms with Gasteiger partial charge in [-0.3, -0.25) is 4.79 Å². The van der Waals surface area contributed by atoms with Gasteiger partial charge in [-0.15, -0.1) is 0 Å². The molecule has 1 heterocycles. The third kappa shape index (κ3) is 5.05. The van der Waals surface area contributed by atoms with Gasteiger partial charge in [0, 0.05) is 26.7 Å². The van der Waals surface area contributed by atoms with Crippen LogP contribution in [-0.4, -0.2) is 62.3 Å². The molecule has 27 heavy (non-hydrogen) atoms. The number of benzene rings is 1. The Balaban J connectivity index is 2.09. The molecule has 0 saturated carbocycles. The molecule has 1 fully saturated rings. The van der Waals surface area contributed by atoms with Gasteiger partial charge in [0.2, 0.25) is 10.0 Å². The second-order valence-electron chi connectivity index (χ2n) is 6.35. The van der Waals surface area contributed by atoms with Crippen LogP contribution in [0.2, 0.25) is 0 Å². The Labute approximate surface area is 159 Å². The van der Waals surface area contributed by atoms with E-state index in [0.29, 0.717) is 13.1 Å². The second kappa shape index (κ2) is 8.97. The first-order valence-electron chi connectivity index (χ1n) is 8.70. The van der Waals surface area contributed by atoms with E-state index in [2.05, 4.69) is 0 Å². The fourth-order valence-corrected chi connectivity index (χ4v) is 4.34. The summed E-state index contributed by atoms with van der Waals surface area (Å²) in [6, 6.07) is 7.57. The number of hydrogen-bond donors (Lipinski definition) is 0. The molecule has 1 aliphatic heterocycles. The molecule has 0 bridgehead atoms. The van der Waals surface area contributed by atoms with Crippen molar-refractivity contribution in [2.75, 3.05) is 26.7 Å². The molecule has 9 heteroatoms. The largest absolute Gasteiger partial charge is 0.449 e. The van der Waals surface area contributed by atoms with Crippen molar-refractivity contribution in [2.24, 2.45) is 0 Å². The van der Waals surface area contributed by atoms with Gasteiger partial charge in [0.15, 0.2) is 6.10 Å². The summed E-state index contributed by atoms with van der Waals surface area (Å²) in [5.74, 6) is -1.21. The van der Waals surface area contributed by atoms with Crippen LogP contribution in [0.4, 0.5) is 0 Å². The standard InChI is InChI=1S/C18H23N3O5S/c1-14(17(22)20(2)10-6-9-19)26-18(23)15-7-5-8-16(13-15)27(24,25)21-11-3-4-12-21/h5,7-8,13-14H,3-4,6,10-12H2,1-2H3/t14-/m0/s1. The van der Waals surface area contributed by atoms with Crippen LogP contribution in [0.25, 0.3) is 0 Å². The second-order valence-corrected chi connectivity index (χ2v) is 8.29. The van der Waals surface area contributed by atoms with E-state index in [1.165, 1.54) is 47.4 Å². The van der Waals surface area contributed by atoms with Crippen LogP contribution in [0.1, 0.15) is 36.5 Å². The molecule has 8 nitrogen and oxygen atoms in total. The summed E-state index contributed by atoms with van der Waals surface area (Å²) < 4.78 is 31.8. The zero-order chi connectivity index (χ0) is 20.0. The lowest BCUT2D eigenvalue weighted by Gasteiger charge is -2.20. The molecular weight excluding hydrogens is 370 g/mol. The van der Waals surface area contributed by atoms with E-state index in [4.69, 9.17) is 10.00 Å². The summed E-state index contributed by atoms with van der Waals surface area (Å²) >= 11 is 0. The summed E-state index contributed by atoms with van der Waals surface area (Å²) in [5.41, 5.74) is 0.0644. The average molecular weight is 393 g/mol. The van der Waals surface area contributed by atoms with Gasteiger partial charge in [-0.25, -0.2) is 13.2 Å². The molecule has 0 radical (unpaired) electrons. The summed E-state index contributed by atoms with van der Waals surface area (Å²) in [4.78, 5) is 25.8. The van der Waals surface area contributed by atoms with Crippen molar-refractivity contribution in [2.45, 2.75) is 37.2 Å². The van der Waals surface area contributed by atoms with E-state index in [1.54, 1.807) is 0 Å². The molecule has 0 spiro atoms. The van der Waals surface area contributed by atoms with E-state index in [-0.39, 0.29) is 23.4 Å². The molecule has 2 rings (SSSR count). The van der Waals surface area contributed by atoms with Gasteiger partial charge in [0.1, 0.15) is 0 Å². The normalized spacial score (nSPS) is 15.7. The molecule has 1 atom stereocenters. The Morgan fingerprint density at radius 3 is 2.63 bits per heavy atom. The molecule has 146 valence electrons. The molecule has 1 aromatic carbocycles. The lowest BCUT2D eigenvalue weighted by atomic mass is 10.2. The Morgan fingerprint density at radius 1 is 1.33 bits per heavy atom. The van der Waals surface area contributed by atoms with Crippen molar-refractivity contribution in [1.82, 2.24) is 9.21 Å². The number of sulfonamides is 1. The van der Waals surface area contributed by atoms with Crippen molar-refractivity contribution in [1.29, 1.82) is 5.26 Å². The van der Waals surface area contributed by atoms with Gasteiger partial charge in [-0.05, 0) is 38.0 Å². The monoisotopic (exact) mass is 393 g/mol. The van der Waals surface area contributed by atoms with Crippen molar-refractivity contribution in [3.63, 3.8) is 0 Å². The number of carbonyl (C=O) groups excluding carboxylic acids is 2. The van der Waals surface area contributed by atoms with Crippen molar-refractivity contribution < 1.29 is 22.7 Å². The van der Waals surface area contributed by atoms with Crippen LogP contribution in [0, 0.1) is 11.3 Å². The van der Waals surface area contributed by atoms with Gasteiger partial charge >= 0.3 is 5.97 Å². The average Bonchev–Trinajstić information content (AvgIpc) is 3.21. The number of hydrogen-bond acceptors (Lipinski definition) is 6. The SMILES string of the molecule is C[C@H](OC(=O)c1cccc(S(=O)(=O)N2CCCC2)c1)C(=O)N(C)CCC#N. The van der Waals surface area contributed by atoms with Crippen LogP contribution >= 0.6 is 0 Å². The van der Waals surface area contributed by atoms with Gasteiger partial charge in [0.05, 0.1) is 22.9 Å². The highest BCUT2D eigenvalue weighted by Crippen LogP contribution is 2.22.